The van der Waals surface area contributed by atoms with Crippen LogP contribution >= 0.6 is 22.9 Å². The van der Waals surface area contributed by atoms with Crippen LogP contribution in [0.25, 0.3) is 0 Å². The molecule has 1 N–H and O–H groups in total. The molecule has 64 valence electrons. The molecule has 2 nitrogen and oxygen atoms in total. The summed E-state index contributed by atoms with van der Waals surface area (Å²) in [5, 5.41) is 3.70. The van der Waals surface area contributed by atoms with E-state index in [1.807, 2.05) is 0 Å². The second kappa shape index (κ2) is 3.58. The summed E-state index contributed by atoms with van der Waals surface area (Å²) in [7, 11) is 0. The summed E-state index contributed by atoms with van der Waals surface area (Å²) < 4.78 is 2.38. The molecule has 2 fully saturated rings. The minimum Gasteiger partial charge on any atom is -0.310 e. The number of hydrogen-bond donors (Lipinski definition) is 1. The molecule has 3 heteroatoms. The molecule has 1 heterocycles. The molecule has 1 aliphatic heterocycles. The molecule has 2 rings (SSSR count). The zero-order valence-electron chi connectivity index (χ0n) is 6.72. The fraction of sp³-hybridized carbons (Fsp3) is 1.00. The van der Waals surface area contributed by atoms with E-state index in [0.29, 0.717) is 0 Å². The lowest BCUT2D eigenvalue weighted by Crippen LogP contribution is -2.43. The molecule has 0 bridgehead atoms. The van der Waals surface area contributed by atoms with Gasteiger partial charge in [0, 0.05) is 48.0 Å². The molecule has 0 spiro atoms. The third-order valence-corrected chi connectivity index (χ3v) is 3.59. The van der Waals surface area contributed by atoms with Crippen LogP contribution in [0, 0.1) is 0 Å². The van der Waals surface area contributed by atoms with Crippen LogP contribution in [0.3, 0.4) is 0 Å². The van der Waals surface area contributed by atoms with Crippen LogP contribution in [0.2, 0.25) is 0 Å². The first-order chi connectivity index (χ1) is 5.34. The van der Waals surface area contributed by atoms with Gasteiger partial charge in [0.1, 0.15) is 0 Å². The lowest BCUT2D eigenvalue weighted by atomic mass is 9.92. The van der Waals surface area contributed by atoms with Crippen molar-refractivity contribution in [2.24, 2.45) is 0 Å². The fourth-order valence-electron chi connectivity index (χ4n) is 1.76. The minimum absolute atomic E-state index is 0.789. The van der Waals surface area contributed by atoms with Crippen LogP contribution in [-0.2, 0) is 0 Å². The predicted octanol–water partition coefficient (Wildman–Crippen LogP) is 1.55. The van der Waals surface area contributed by atoms with Crippen molar-refractivity contribution >= 4 is 22.9 Å². The smallest absolute Gasteiger partial charge is 0.0236 e. The van der Waals surface area contributed by atoms with E-state index in [0.717, 1.165) is 12.1 Å². The topological polar surface area (TPSA) is 15.3 Å². The quantitative estimate of drug-likeness (QED) is 0.602. The molecule has 0 aromatic carbocycles. The third-order valence-electron chi connectivity index (χ3n) is 2.72. The summed E-state index contributed by atoms with van der Waals surface area (Å²) in [4.78, 5) is 0. The van der Waals surface area contributed by atoms with Crippen molar-refractivity contribution in [1.82, 2.24) is 8.43 Å². The SMILES string of the molecule is IN1CC[C@@H](NC2CCC2)C1. The molecule has 1 saturated heterocycles. The molecule has 2 aliphatic rings. The highest BCUT2D eigenvalue weighted by molar-refractivity contribution is 14.1. The molecular formula is C8H15IN2. The maximum Gasteiger partial charge on any atom is 0.0236 e. The molecule has 0 amide bonds. The van der Waals surface area contributed by atoms with Crippen LogP contribution in [0.5, 0.6) is 0 Å². The normalized spacial score (nSPS) is 34.1. The molecule has 0 aromatic heterocycles. The van der Waals surface area contributed by atoms with E-state index in [2.05, 4.69) is 31.3 Å². The number of nitrogens with zero attached hydrogens (tertiary/aromatic N) is 1. The molecule has 0 aromatic rings. The molecular weight excluding hydrogens is 251 g/mol. The molecule has 0 unspecified atom stereocenters. The van der Waals surface area contributed by atoms with Gasteiger partial charge in [0.15, 0.2) is 0 Å². The highest BCUT2D eigenvalue weighted by atomic mass is 127. The third kappa shape index (κ3) is 2.06. The Morgan fingerprint density at radius 2 is 2.00 bits per heavy atom. The van der Waals surface area contributed by atoms with Gasteiger partial charge in [0.2, 0.25) is 0 Å². The first-order valence-corrected chi connectivity index (χ1v) is 5.48. The Kier molecular flexibility index (Phi) is 2.69. The van der Waals surface area contributed by atoms with Crippen LogP contribution in [0.15, 0.2) is 0 Å². The maximum atomic E-state index is 3.70. The van der Waals surface area contributed by atoms with Crippen molar-refractivity contribution in [3.63, 3.8) is 0 Å². The van der Waals surface area contributed by atoms with Crippen molar-refractivity contribution in [1.29, 1.82) is 0 Å². The van der Waals surface area contributed by atoms with Crippen molar-refractivity contribution in [2.75, 3.05) is 13.1 Å². The Morgan fingerprint density at radius 3 is 2.45 bits per heavy atom. The lowest BCUT2D eigenvalue weighted by molar-refractivity contribution is 0.308. The Balaban J connectivity index is 1.70. The Bertz CT molecular complexity index is 136. The van der Waals surface area contributed by atoms with E-state index in [9.17, 15) is 0 Å². The van der Waals surface area contributed by atoms with E-state index in [1.165, 1.54) is 38.8 Å². The van der Waals surface area contributed by atoms with Gasteiger partial charge in [-0.1, -0.05) is 6.42 Å². The van der Waals surface area contributed by atoms with E-state index >= 15 is 0 Å². The first kappa shape index (κ1) is 8.26. The minimum atomic E-state index is 0.789. The standard InChI is InChI=1S/C8H15IN2/c9-11-5-4-8(6-11)10-7-2-1-3-7/h7-8,10H,1-6H2/t8-/m1/s1. The molecule has 1 atom stereocenters. The van der Waals surface area contributed by atoms with E-state index in [4.69, 9.17) is 0 Å². The van der Waals surface area contributed by atoms with E-state index < -0.39 is 0 Å². The summed E-state index contributed by atoms with van der Waals surface area (Å²) >= 11 is 2.42. The zero-order valence-corrected chi connectivity index (χ0v) is 8.88. The Hall–Kier alpha value is 0.650. The molecule has 0 radical (unpaired) electrons. The van der Waals surface area contributed by atoms with Crippen molar-refractivity contribution in [3.8, 4) is 0 Å². The van der Waals surface area contributed by atoms with Crippen molar-refractivity contribution in [3.05, 3.63) is 0 Å². The fourth-order valence-corrected chi connectivity index (χ4v) is 2.52. The van der Waals surface area contributed by atoms with Crippen molar-refractivity contribution < 1.29 is 0 Å². The van der Waals surface area contributed by atoms with Crippen LogP contribution < -0.4 is 5.32 Å². The van der Waals surface area contributed by atoms with E-state index in [-0.39, 0.29) is 0 Å². The van der Waals surface area contributed by atoms with Gasteiger partial charge < -0.3 is 5.32 Å². The molecule has 1 aliphatic carbocycles. The zero-order chi connectivity index (χ0) is 7.68. The summed E-state index contributed by atoms with van der Waals surface area (Å²) in [5.41, 5.74) is 0. The maximum absolute atomic E-state index is 3.70. The van der Waals surface area contributed by atoms with Crippen LogP contribution in [0.4, 0.5) is 0 Å². The molecule has 1 saturated carbocycles. The summed E-state index contributed by atoms with van der Waals surface area (Å²) in [5.74, 6) is 0. The lowest BCUT2D eigenvalue weighted by Gasteiger charge is -2.29. The first-order valence-electron chi connectivity index (χ1n) is 4.51. The van der Waals surface area contributed by atoms with Gasteiger partial charge in [-0.2, -0.15) is 0 Å². The number of halogens is 1. The van der Waals surface area contributed by atoms with Crippen LogP contribution in [0.1, 0.15) is 25.7 Å². The van der Waals surface area contributed by atoms with Gasteiger partial charge in [-0.25, -0.2) is 3.11 Å². The number of hydrogen-bond acceptors (Lipinski definition) is 2. The van der Waals surface area contributed by atoms with Gasteiger partial charge in [-0.05, 0) is 19.3 Å². The average Bonchev–Trinajstić information content (AvgIpc) is 2.27. The van der Waals surface area contributed by atoms with Gasteiger partial charge in [-0.15, -0.1) is 0 Å². The summed E-state index contributed by atoms with van der Waals surface area (Å²) in [6, 6.07) is 1.65. The Labute approximate surface area is 82.2 Å². The second-order valence-electron chi connectivity index (χ2n) is 3.65. The van der Waals surface area contributed by atoms with E-state index in [1.54, 1.807) is 0 Å². The van der Waals surface area contributed by atoms with Crippen molar-refractivity contribution in [2.45, 2.75) is 37.8 Å². The highest BCUT2D eigenvalue weighted by Crippen LogP contribution is 2.21. The highest BCUT2D eigenvalue weighted by Gasteiger charge is 2.25. The van der Waals surface area contributed by atoms with Gasteiger partial charge >= 0.3 is 0 Å². The Morgan fingerprint density at radius 1 is 1.18 bits per heavy atom. The number of rotatable bonds is 2. The largest absolute Gasteiger partial charge is 0.310 e. The van der Waals surface area contributed by atoms with Gasteiger partial charge in [0.25, 0.3) is 0 Å². The summed E-state index contributed by atoms with van der Waals surface area (Å²) in [6.45, 7) is 2.52. The number of nitrogens with one attached hydrogen (secondary N) is 1. The van der Waals surface area contributed by atoms with Gasteiger partial charge in [-0.3, -0.25) is 0 Å². The predicted molar refractivity (Wildman–Crippen MR) is 54.8 cm³/mol. The average molecular weight is 266 g/mol. The monoisotopic (exact) mass is 266 g/mol. The van der Waals surface area contributed by atoms with Crippen LogP contribution in [-0.4, -0.2) is 28.3 Å². The molecule has 11 heavy (non-hydrogen) atoms. The second-order valence-corrected chi connectivity index (χ2v) is 5.01. The van der Waals surface area contributed by atoms with Gasteiger partial charge in [0.05, 0.1) is 0 Å². The summed E-state index contributed by atoms with van der Waals surface area (Å²) in [6.07, 6.45) is 5.62.